The molecule has 3 aromatic rings. The van der Waals surface area contributed by atoms with Crippen molar-refractivity contribution >= 4 is 22.3 Å². The lowest BCUT2D eigenvalue weighted by Gasteiger charge is -2.32. The van der Waals surface area contributed by atoms with Crippen molar-refractivity contribution in [3.05, 3.63) is 70.0 Å². The van der Waals surface area contributed by atoms with Crippen LogP contribution in [-0.2, 0) is 6.54 Å². The molecule has 140 valence electrons. The van der Waals surface area contributed by atoms with Crippen molar-refractivity contribution in [2.75, 3.05) is 23.3 Å². The van der Waals surface area contributed by atoms with E-state index in [4.69, 9.17) is 0 Å². The minimum Gasteiger partial charge on any atom is -0.381 e. The number of aromatic nitrogens is 1. The summed E-state index contributed by atoms with van der Waals surface area (Å²) >= 11 is 0. The minimum atomic E-state index is -0.0297. The van der Waals surface area contributed by atoms with E-state index in [9.17, 15) is 4.79 Å². The number of anilines is 2. The van der Waals surface area contributed by atoms with Gasteiger partial charge < -0.3 is 15.2 Å². The zero-order valence-electron chi connectivity index (χ0n) is 16.1. The van der Waals surface area contributed by atoms with Crippen molar-refractivity contribution in [1.29, 1.82) is 0 Å². The fraction of sp³-hybridized carbons (Fsp3) is 0.348. The average molecular weight is 361 g/mol. The van der Waals surface area contributed by atoms with Gasteiger partial charge in [-0.05, 0) is 73.5 Å². The van der Waals surface area contributed by atoms with Crippen LogP contribution in [0.25, 0.3) is 10.9 Å². The third-order valence-corrected chi connectivity index (χ3v) is 5.58. The molecule has 1 aromatic heterocycles. The Morgan fingerprint density at radius 2 is 1.81 bits per heavy atom. The molecule has 1 saturated heterocycles. The van der Waals surface area contributed by atoms with E-state index in [1.165, 1.54) is 24.1 Å². The van der Waals surface area contributed by atoms with Gasteiger partial charge in [0.15, 0.2) is 0 Å². The largest absolute Gasteiger partial charge is 0.381 e. The van der Waals surface area contributed by atoms with Gasteiger partial charge >= 0.3 is 0 Å². The number of hydrogen-bond acceptors (Lipinski definition) is 3. The van der Waals surface area contributed by atoms with Crippen molar-refractivity contribution in [2.45, 2.75) is 33.2 Å². The van der Waals surface area contributed by atoms with Gasteiger partial charge in [-0.2, -0.15) is 0 Å². The minimum absolute atomic E-state index is 0.0297. The summed E-state index contributed by atoms with van der Waals surface area (Å²) in [6.07, 6.45) is 2.54. The zero-order chi connectivity index (χ0) is 18.8. The highest BCUT2D eigenvalue weighted by Gasteiger charge is 2.15. The normalized spacial score (nSPS) is 15.3. The van der Waals surface area contributed by atoms with Gasteiger partial charge in [-0.25, -0.2) is 0 Å². The second-order valence-corrected chi connectivity index (χ2v) is 7.78. The summed E-state index contributed by atoms with van der Waals surface area (Å²) in [5.41, 5.74) is 5.12. The van der Waals surface area contributed by atoms with Crippen LogP contribution in [0.1, 0.15) is 30.9 Å². The van der Waals surface area contributed by atoms with Crippen molar-refractivity contribution in [1.82, 2.24) is 4.98 Å². The van der Waals surface area contributed by atoms with Crippen molar-refractivity contribution in [3.8, 4) is 0 Å². The molecule has 0 aliphatic carbocycles. The molecule has 0 amide bonds. The van der Waals surface area contributed by atoms with Crippen LogP contribution in [0.4, 0.5) is 11.4 Å². The van der Waals surface area contributed by atoms with Gasteiger partial charge in [-0.1, -0.05) is 18.6 Å². The first kappa shape index (κ1) is 17.7. The molecule has 1 aliphatic rings. The van der Waals surface area contributed by atoms with Crippen LogP contribution in [0.3, 0.4) is 0 Å². The van der Waals surface area contributed by atoms with Crippen LogP contribution in [0.2, 0.25) is 0 Å². The summed E-state index contributed by atoms with van der Waals surface area (Å²) in [6.45, 7) is 7.19. The molecule has 0 bridgehead atoms. The number of nitrogens with one attached hydrogen (secondary N) is 2. The maximum atomic E-state index is 12.3. The summed E-state index contributed by atoms with van der Waals surface area (Å²) < 4.78 is 0. The Bertz CT molecular complexity index is 983. The van der Waals surface area contributed by atoms with Gasteiger partial charge in [0.1, 0.15) is 0 Å². The Morgan fingerprint density at radius 1 is 1.07 bits per heavy atom. The van der Waals surface area contributed by atoms with Crippen LogP contribution < -0.4 is 15.8 Å². The molecule has 2 aromatic carbocycles. The lowest BCUT2D eigenvalue weighted by molar-refractivity contribution is 0.438. The molecule has 0 spiro atoms. The van der Waals surface area contributed by atoms with E-state index in [1.807, 2.05) is 18.2 Å². The van der Waals surface area contributed by atoms with Crippen LogP contribution in [0, 0.1) is 12.8 Å². The maximum absolute atomic E-state index is 12.3. The predicted octanol–water partition coefficient (Wildman–Crippen LogP) is 4.68. The summed E-state index contributed by atoms with van der Waals surface area (Å²) in [5, 5.41) is 4.45. The van der Waals surface area contributed by atoms with Gasteiger partial charge in [0.2, 0.25) is 0 Å². The van der Waals surface area contributed by atoms with E-state index < -0.39 is 0 Å². The Balaban J connectivity index is 1.45. The third-order valence-electron chi connectivity index (χ3n) is 5.58. The van der Waals surface area contributed by atoms with Crippen LogP contribution in [-0.4, -0.2) is 18.1 Å². The van der Waals surface area contributed by atoms with E-state index in [2.05, 4.69) is 59.4 Å². The van der Waals surface area contributed by atoms with Gasteiger partial charge in [0.05, 0.1) is 0 Å². The van der Waals surface area contributed by atoms with E-state index in [-0.39, 0.29) is 5.56 Å². The maximum Gasteiger partial charge on any atom is 0.253 e. The van der Waals surface area contributed by atoms with Gasteiger partial charge in [0, 0.05) is 42.1 Å². The van der Waals surface area contributed by atoms with Crippen LogP contribution >= 0.6 is 0 Å². The Labute approximate surface area is 160 Å². The number of hydrogen-bond donors (Lipinski definition) is 2. The summed E-state index contributed by atoms with van der Waals surface area (Å²) in [6, 6.07) is 16.6. The molecule has 2 heterocycles. The second kappa shape index (κ2) is 7.47. The van der Waals surface area contributed by atoms with Crippen molar-refractivity contribution in [2.24, 2.45) is 5.92 Å². The lowest BCUT2D eigenvalue weighted by Crippen LogP contribution is -2.32. The lowest BCUT2D eigenvalue weighted by atomic mass is 9.99. The van der Waals surface area contributed by atoms with E-state index >= 15 is 0 Å². The number of nitrogens with zero attached hydrogens (tertiary/aromatic N) is 1. The number of benzene rings is 2. The smallest absolute Gasteiger partial charge is 0.253 e. The summed E-state index contributed by atoms with van der Waals surface area (Å²) in [5.74, 6) is 0.839. The van der Waals surface area contributed by atoms with Crippen molar-refractivity contribution < 1.29 is 0 Å². The third kappa shape index (κ3) is 4.00. The first-order chi connectivity index (χ1) is 13.1. The van der Waals surface area contributed by atoms with E-state index in [1.54, 1.807) is 0 Å². The molecule has 27 heavy (non-hydrogen) atoms. The molecular weight excluding hydrogens is 334 g/mol. The number of rotatable bonds is 4. The number of aryl methyl sites for hydroxylation is 1. The standard InChI is InChI=1S/C23H27N3O/c1-16-9-11-26(12-10-16)21-6-4-20(5-7-21)24-15-19-14-18-13-17(2)3-8-22(18)25-23(19)27/h3-8,13-14,16,24H,9-12,15H2,1-2H3,(H,25,27). The molecule has 0 radical (unpaired) electrons. The highest BCUT2D eigenvalue weighted by atomic mass is 16.1. The average Bonchev–Trinajstić information content (AvgIpc) is 2.68. The number of fused-ring (bicyclic) bond motifs is 1. The van der Waals surface area contributed by atoms with E-state index in [0.29, 0.717) is 6.54 Å². The summed E-state index contributed by atoms with van der Waals surface area (Å²) in [7, 11) is 0. The van der Waals surface area contributed by atoms with Crippen LogP contribution in [0.5, 0.6) is 0 Å². The Kier molecular flexibility index (Phi) is 4.88. The second-order valence-electron chi connectivity index (χ2n) is 7.78. The van der Waals surface area contributed by atoms with Gasteiger partial charge in [0.25, 0.3) is 5.56 Å². The number of pyridine rings is 1. The molecule has 0 saturated carbocycles. The van der Waals surface area contributed by atoms with Crippen LogP contribution in [0.15, 0.2) is 53.3 Å². The summed E-state index contributed by atoms with van der Waals surface area (Å²) in [4.78, 5) is 17.8. The molecule has 4 heteroatoms. The molecule has 4 nitrogen and oxygen atoms in total. The topological polar surface area (TPSA) is 48.1 Å². The van der Waals surface area contributed by atoms with Gasteiger partial charge in [-0.3, -0.25) is 4.79 Å². The fourth-order valence-corrected chi connectivity index (χ4v) is 3.76. The molecular formula is C23H27N3O. The predicted molar refractivity (Wildman–Crippen MR) is 114 cm³/mol. The fourth-order valence-electron chi connectivity index (χ4n) is 3.76. The molecule has 4 rings (SSSR count). The Hall–Kier alpha value is -2.75. The number of H-pyrrole nitrogens is 1. The zero-order valence-corrected chi connectivity index (χ0v) is 16.1. The molecule has 1 fully saturated rings. The molecule has 0 atom stereocenters. The first-order valence-electron chi connectivity index (χ1n) is 9.80. The highest BCUT2D eigenvalue weighted by Crippen LogP contribution is 2.24. The quantitative estimate of drug-likeness (QED) is 0.709. The number of piperidine rings is 1. The van der Waals surface area contributed by atoms with Crippen molar-refractivity contribution in [3.63, 3.8) is 0 Å². The van der Waals surface area contributed by atoms with E-state index in [0.717, 1.165) is 41.2 Å². The SMILES string of the molecule is Cc1ccc2[nH]c(=O)c(CNc3ccc(N4CCC(C)CC4)cc3)cc2c1. The molecule has 2 N–H and O–H groups in total. The highest BCUT2D eigenvalue weighted by molar-refractivity contribution is 5.79. The first-order valence-corrected chi connectivity index (χ1v) is 9.80. The van der Waals surface area contributed by atoms with Gasteiger partial charge in [-0.15, -0.1) is 0 Å². The number of aromatic amines is 1. The molecule has 0 unspecified atom stereocenters. The monoisotopic (exact) mass is 361 g/mol. The molecule has 1 aliphatic heterocycles. The Morgan fingerprint density at radius 3 is 2.56 bits per heavy atom.